The Bertz CT molecular complexity index is 2200. The minimum Gasteiger partial charge on any atom is -0.497 e. The fourth-order valence-corrected chi connectivity index (χ4v) is 8.69. The van der Waals surface area contributed by atoms with Crippen molar-refractivity contribution in [3.63, 3.8) is 0 Å². The summed E-state index contributed by atoms with van der Waals surface area (Å²) in [7, 11) is 1.52. The molecule has 309 valence electrons. The Hall–Kier alpha value is -4.66. The van der Waals surface area contributed by atoms with Crippen LogP contribution in [-0.2, 0) is 28.6 Å². The molecule has 5 aromatic rings. The van der Waals surface area contributed by atoms with Gasteiger partial charge in [0.1, 0.15) is 29.4 Å². The van der Waals surface area contributed by atoms with Crippen LogP contribution in [0.5, 0.6) is 11.5 Å². The highest BCUT2D eigenvalue weighted by Crippen LogP contribution is 2.47. The third kappa shape index (κ3) is 10.4. The zero-order chi connectivity index (χ0) is 41.5. The van der Waals surface area contributed by atoms with Gasteiger partial charge in [-0.1, -0.05) is 92.4 Å². The second-order valence-electron chi connectivity index (χ2n) is 15.2. The van der Waals surface area contributed by atoms with E-state index in [0.29, 0.717) is 22.7 Å². The molecule has 4 aromatic carbocycles. The summed E-state index contributed by atoms with van der Waals surface area (Å²) in [5, 5.41) is 0. The van der Waals surface area contributed by atoms with Gasteiger partial charge in [0.25, 0.3) is 11.5 Å². The fraction of sp³-hybridized carbons (Fsp3) is 0.341. The van der Waals surface area contributed by atoms with Gasteiger partial charge in [0.15, 0.2) is 0 Å². The molecule has 0 spiro atoms. The van der Waals surface area contributed by atoms with Gasteiger partial charge >= 0.3 is 14.3 Å². The Morgan fingerprint density at radius 1 is 0.814 bits per heavy atom. The van der Waals surface area contributed by atoms with Gasteiger partial charge < -0.3 is 32.5 Å². The Kier molecular flexibility index (Phi) is 15.4. The lowest BCUT2D eigenvalue weighted by Crippen LogP contribution is -2.45. The molecule has 15 heteroatoms. The van der Waals surface area contributed by atoms with Crippen molar-refractivity contribution >= 4 is 31.0 Å². The van der Waals surface area contributed by atoms with Crippen LogP contribution in [0.2, 0.25) is 25.7 Å². The van der Waals surface area contributed by atoms with Crippen molar-refractivity contribution in [1.82, 2.24) is 9.13 Å². The molecule has 1 saturated heterocycles. The summed E-state index contributed by atoms with van der Waals surface area (Å²) in [5.74, 6) is 0.639. The van der Waals surface area contributed by atoms with Gasteiger partial charge in [-0.2, -0.15) is 4.57 Å². The average molecular weight is 838 g/mol. The first kappa shape index (κ1) is 45.4. The Labute approximate surface area is 349 Å². The highest BCUT2D eigenvalue weighted by Gasteiger charge is 2.44. The smallest absolute Gasteiger partial charge is 0.340 e. The predicted molar refractivity (Wildman–Crippen MR) is 231 cm³/mol. The summed E-state index contributed by atoms with van der Waals surface area (Å²) in [6.45, 7) is 8.80. The summed E-state index contributed by atoms with van der Waals surface area (Å²) in [5.41, 5.74) is 0.192. The Morgan fingerprint density at radius 3 is 1.88 bits per heavy atom. The van der Waals surface area contributed by atoms with E-state index in [-0.39, 0.29) is 32.6 Å². The van der Waals surface area contributed by atoms with Crippen molar-refractivity contribution in [1.29, 1.82) is 0 Å². The largest absolute Gasteiger partial charge is 0.497 e. The monoisotopic (exact) mass is 837 g/mol. The maximum Gasteiger partial charge on any atom is 0.340 e. The first-order valence-corrected chi connectivity index (χ1v) is 23.9. The Balaban J connectivity index is 0.00000661. The highest BCUT2D eigenvalue weighted by molar-refractivity contribution is 7.41. The molecule has 1 aromatic heterocycles. The number of carbonyl (C=O) groups is 1. The maximum atomic E-state index is 14.1. The first-order valence-electron chi connectivity index (χ1n) is 19.1. The van der Waals surface area contributed by atoms with Crippen LogP contribution >= 0.6 is 8.60 Å². The van der Waals surface area contributed by atoms with E-state index < -0.39 is 57.9 Å². The zero-order valence-electron chi connectivity index (χ0n) is 34.5. The minimum atomic E-state index is -1.82. The summed E-state index contributed by atoms with van der Waals surface area (Å²) in [6.07, 6.45) is -0.822. The van der Waals surface area contributed by atoms with E-state index in [4.69, 9.17) is 32.5 Å². The van der Waals surface area contributed by atoms with Gasteiger partial charge in [-0.05, 0) is 66.1 Å². The lowest BCUT2D eigenvalue weighted by Gasteiger charge is -2.37. The standard InChI is InChI=1S/C44H51N2O10PSi.B/c1-31-29-45(43(49)46(41(31)47)42(48)32-14-10-8-11-15-32)40-28-38(56-57(52-4)54-26-27-58(5,6)7)39(55-40)30-53-44(33-16-12-9-13-17-33,34-18-22-36(50-2)23-19-34)35-20-24-37(51-3)25-21-35;/h8-25,29,38-40H,26-28,30H2,1-7H3;/t38-,39+,40+,57?;/m0./s1. The number of hydrogen-bond donors (Lipinski definition) is 0. The predicted octanol–water partition coefficient (Wildman–Crippen LogP) is 7.55. The highest BCUT2D eigenvalue weighted by atomic mass is 31.2. The summed E-state index contributed by atoms with van der Waals surface area (Å²) < 4.78 is 45.3. The first-order chi connectivity index (χ1) is 27.9. The molecule has 0 aliphatic carbocycles. The number of aromatic nitrogens is 2. The van der Waals surface area contributed by atoms with E-state index in [1.165, 1.54) is 17.9 Å². The van der Waals surface area contributed by atoms with Gasteiger partial charge in [-0.15, -0.1) is 0 Å². The van der Waals surface area contributed by atoms with Gasteiger partial charge in [-0.3, -0.25) is 14.2 Å². The van der Waals surface area contributed by atoms with Crippen molar-refractivity contribution in [2.75, 3.05) is 34.5 Å². The molecule has 4 atom stereocenters. The van der Waals surface area contributed by atoms with Gasteiger partial charge in [-0.25, -0.2) is 4.79 Å². The lowest BCUT2D eigenvalue weighted by atomic mass is 9.80. The van der Waals surface area contributed by atoms with E-state index in [9.17, 15) is 14.4 Å². The molecule has 1 aliphatic heterocycles. The van der Waals surface area contributed by atoms with E-state index in [2.05, 4.69) is 19.6 Å². The van der Waals surface area contributed by atoms with Crippen LogP contribution in [0.3, 0.4) is 0 Å². The molecule has 2 heterocycles. The van der Waals surface area contributed by atoms with Crippen LogP contribution in [0.25, 0.3) is 0 Å². The van der Waals surface area contributed by atoms with E-state index in [1.54, 1.807) is 51.5 Å². The quantitative estimate of drug-likeness (QED) is 0.0527. The van der Waals surface area contributed by atoms with E-state index in [1.807, 2.05) is 78.9 Å². The van der Waals surface area contributed by atoms with Crippen LogP contribution in [-0.4, -0.2) is 78.3 Å². The molecule has 1 aliphatic rings. The average Bonchev–Trinajstić information content (AvgIpc) is 3.64. The van der Waals surface area contributed by atoms with Crippen molar-refractivity contribution in [3.05, 3.63) is 164 Å². The minimum absolute atomic E-state index is 0. The molecule has 59 heavy (non-hydrogen) atoms. The van der Waals surface area contributed by atoms with Crippen LogP contribution in [0, 0.1) is 6.92 Å². The SMILES string of the molecule is COc1ccc(C(OC[C@H]2O[C@@H](n3cc(C)c(=O)n(C(=O)c4ccccc4)c3=O)C[C@@H]2OP(OC)OCC[Si](C)(C)C)(c2ccccc2)c2ccc(OC)cc2)cc1.[B]. The summed E-state index contributed by atoms with van der Waals surface area (Å²) in [4.78, 5) is 41.1. The molecule has 1 unspecified atom stereocenters. The normalized spacial score (nSPS) is 17.2. The maximum absolute atomic E-state index is 14.1. The van der Waals surface area contributed by atoms with Crippen LogP contribution in [0.4, 0.5) is 0 Å². The number of benzene rings is 4. The number of hydrogen-bond acceptors (Lipinski definition) is 10. The number of nitrogens with zero attached hydrogens (tertiary/aromatic N) is 2. The summed E-state index contributed by atoms with van der Waals surface area (Å²) in [6, 6.07) is 34.4. The van der Waals surface area contributed by atoms with Crippen LogP contribution in [0.15, 0.2) is 125 Å². The number of rotatable bonds is 17. The Morgan fingerprint density at radius 2 is 1.36 bits per heavy atom. The van der Waals surface area contributed by atoms with E-state index in [0.717, 1.165) is 22.7 Å². The van der Waals surface area contributed by atoms with Crippen molar-refractivity contribution in [3.8, 4) is 11.5 Å². The second kappa shape index (κ2) is 20.1. The van der Waals surface area contributed by atoms with Crippen molar-refractivity contribution in [2.24, 2.45) is 0 Å². The van der Waals surface area contributed by atoms with E-state index >= 15 is 0 Å². The molecule has 12 nitrogen and oxygen atoms in total. The number of methoxy groups -OCH3 is 2. The molecule has 1 fully saturated rings. The lowest BCUT2D eigenvalue weighted by molar-refractivity contribution is -0.0929. The zero-order valence-corrected chi connectivity index (χ0v) is 36.4. The molecule has 0 bridgehead atoms. The fourth-order valence-electron chi connectivity index (χ4n) is 6.87. The number of aryl methyl sites for hydroxylation is 1. The van der Waals surface area contributed by atoms with Gasteiger partial charge in [0.05, 0.1) is 33.5 Å². The third-order valence-corrected chi connectivity index (χ3v) is 12.9. The second-order valence-corrected chi connectivity index (χ2v) is 22.1. The molecular weight excluding hydrogens is 786 g/mol. The molecule has 6 rings (SSSR count). The van der Waals surface area contributed by atoms with Gasteiger partial charge in [0.2, 0.25) is 0 Å². The van der Waals surface area contributed by atoms with Gasteiger partial charge in [0, 0.05) is 47.3 Å². The molecule has 0 N–H and O–H groups in total. The molecular formula is C44H51BN2O10PSi. The number of ether oxygens (including phenoxy) is 4. The molecule has 3 radical (unpaired) electrons. The van der Waals surface area contributed by atoms with Crippen LogP contribution in [0.1, 0.15) is 45.3 Å². The van der Waals surface area contributed by atoms with Crippen molar-refractivity contribution < 1.29 is 37.3 Å². The van der Waals surface area contributed by atoms with Crippen molar-refractivity contribution in [2.45, 2.75) is 63.1 Å². The summed E-state index contributed by atoms with van der Waals surface area (Å²) >= 11 is 0. The van der Waals surface area contributed by atoms with Crippen LogP contribution < -0.4 is 20.7 Å². The number of carbonyl (C=O) groups excluding carboxylic acids is 1. The topological polar surface area (TPSA) is 126 Å². The third-order valence-electron chi connectivity index (χ3n) is 10.1. The molecule has 0 amide bonds. The molecule has 0 saturated carbocycles.